The van der Waals surface area contributed by atoms with Gasteiger partial charge in [0.1, 0.15) is 11.5 Å². The number of morpholine rings is 1. The van der Waals surface area contributed by atoms with Crippen LogP contribution in [0.5, 0.6) is 0 Å². The van der Waals surface area contributed by atoms with Crippen LogP contribution in [0, 0.1) is 0 Å². The Kier molecular flexibility index (Phi) is 4.16. The molecule has 1 aliphatic heterocycles. The average Bonchev–Trinajstić information content (AvgIpc) is 3.07. The third-order valence-corrected chi connectivity index (χ3v) is 3.36. The molecule has 2 aromatic rings. The number of pyridine rings is 1. The maximum atomic E-state index is 12.0. The highest BCUT2D eigenvalue weighted by Gasteiger charge is 2.13. The number of hydrogen-bond acceptors (Lipinski definition) is 5. The molecule has 2 aromatic heterocycles. The summed E-state index contributed by atoms with van der Waals surface area (Å²) in [5.41, 5.74) is 1.42. The molecule has 0 unspecified atom stereocenters. The Morgan fingerprint density at radius 1 is 1.29 bits per heavy atom. The number of carbonyl (C=O) groups excluding carboxylic acids is 1. The van der Waals surface area contributed by atoms with Crippen LogP contribution in [0.3, 0.4) is 0 Å². The molecule has 0 aromatic carbocycles. The van der Waals surface area contributed by atoms with E-state index in [9.17, 15) is 4.79 Å². The standard InChI is InChI=1S/C15H17N3O3/c19-15(17-11-13-2-1-7-21-13)14-4-3-12(10-16-14)18-5-8-20-9-6-18/h1-4,7,10H,5-6,8-9,11H2,(H,17,19). The van der Waals surface area contributed by atoms with Gasteiger partial charge in [0.05, 0.1) is 37.9 Å². The molecule has 6 heteroatoms. The number of hydrogen-bond donors (Lipinski definition) is 1. The molecule has 3 heterocycles. The fourth-order valence-electron chi connectivity index (χ4n) is 2.20. The molecule has 21 heavy (non-hydrogen) atoms. The summed E-state index contributed by atoms with van der Waals surface area (Å²) in [5, 5.41) is 2.77. The van der Waals surface area contributed by atoms with Crippen LogP contribution < -0.4 is 10.2 Å². The van der Waals surface area contributed by atoms with Gasteiger partial charge in [-0.15, -0.1) is 0 Å². The van der Waals surface area contributed by atoms with E-state index in [2.05, 4.69) is 15.2 Å². The summed E-state index contributed by atoms with van der Waals surface area (Å²) in [6.45, 7) is 3.52. The van der Waals surface area contributed by atoms with Gasteiger partial charge in [-0.3, -0.25) is 4.79 Å². The molecule has 1 N–H and O–H groups in total. The molecular weight excluding hydrogens is 270 g/mol. The Bertz CT molecular complexity index is 575. The zero-order chi connectivity index (χ0) is 14.5. The first-order valence-corrected chi connectivity index (χ1v) is 6.92. The summed E-state index contributed by atoms with van der Waals surface area (Å²) in [6, 6.07) is 7.26. The highest BCUT2D eigenvalue weighted by atomic mass is 16.5. The molecule has 110 valence electrons. The van der Waals surface area contributed by atoms with Gasteiger partial charge in [-0.2, -0.15) is 0 Å². The van der Waals surface area contributed by atoms with E-state index >= 15 is 0 Å². The lowest BCUT2D eigenvalue weighted by atomic mass is 10.3. The first kappa shape index (κ1) is 13.6. The van der Waals surface area contributed by atoms with Crippen LogP contribution in [0.1, 0.15) is 16.2 Å². The van der Waals surface area contributed by atoms with E-state index in [-0.39, 0.29) is 5.91 Å². The van der Waals surface area contributed by atoms with Crippen molar-refractivity contribution in [2.75, 3.05) is 31.2 Å². The van der Waals surface area contributed by atoms with E-state index in [0.717, 1.165) is 32.0 Å². The predicted molar refractivity (Wildman–Crippen MR) is 77.1 cm³/mol. The van der Waals surface area contributed by atoms with Crippen molar-refractivity contribution in [2.24, 2.45) is 0 Å². The average molecular weight is 287 g/mol. The third-order valence-electron chi connectivity index (χ3n) is 3.36. The van der Waals surface area contributed by atoms with Crippen LogP contribution in [0.15, 0.2) is 41.1 Å². The normalized spacial score (nSPS) is 15.0. The molecule has 6 nitrogen and oxygen atoms in total. The van der Waals surface area contributed by atoms with Crippen LogP contribution in [-0.4, -0.2) is 37.2 Å². The van der Waals surface area contributed by atoms with Crippen molar-refractivity contribution >= 4 is 11.6 Å². The number of rotatable bonds is 4. The van der Waals surface area contributed by atoms with Crippen LogP contribution in [0.2, 0.25) is 0 Å². The summed E-state index contributed by atoms with van der Waals surface area (Å²) < 4.78 is 10.5. The number of nitrogens with one attached hydrogen (secondary N) is 1. The lowest BCUT2D eigenvalue weighted by Gasteiger charge is -2.28. The minimum Gasteiger partial charge on any atom is -0.467 e. The van der Waals surface area contributed by atoms with Crippen molar-refractivity contribution in [3.63, 3.8) is 0 Å². The molecule has 1 fully saturated rings. The van der Waals surface area contributed by atoms with Crippen LogP contribution >= 0.6 is 0 Å². The van der Waals surface area contributed by atoms with Gasteiger partial charge in [0.15, 0.2) is 0 Å². The fraction of sp³-hybridized carbons (Fsp3) is 0.333. The van der Waals surface area contributed by atoms with Gasteiger partial charge < -0.3 is 19.4 Å². The summed E-state index contributed by atoms with van der Waals surface area (Å²) in [5.74, 6) is 0.508. The molecule has 0 bridgehead atoms. The second kappa shape index (κ2) is 6.41. The van der Waals surface area contributed by atoms with Crippen LogP contribution in [0.25, 0.3) is 0 Å². The van der Waals surface area contributed by atoms with E-state index in [0.29, 0.717) is 18.0 Å². The quantitative estimate of drug-likeness (QED) is 0.921. The molecule has 1 aliphatic rings. The fourth-order valence-corrected chi connectivity index (χ4v) is 2.20. The monoisotopic (exact) mass is 287 g/mol. The minimum absolute atomic E-state index is 0.208. The summed E-state index contributed by atoms with van der Waals surface area (Å²) in [4.78, 5) is 18.4. The molecule has 0 saturated carbocycles. The largest absolute Gasteiger partial charge is 0.467 e. The van der Waals surface area contributed by atoms with Gasteiger partial charge in [0.2, 0.25) is 0 Å². The number of carbonyl (C=O) groups is 1. The molecule has 0 aliphatic carbocycles. The summed E-state index contributed by atoms with van der Waals surface area (Å²) in [7, 11) is 0. The van der Waals surface area contributed by atoms with E-state index in [1.165, 1.54) is 0 Å². The topological polar surface area (TPSA) is 67.6 Å². The van der Waals surface area contributed by atoms with Gasteiger partial charge in [0, 0.05) is 13.1 Å². The summed E-state index contributed by atoms with van der Waals surface area (Å²) >= 11 is 0. The first-order chi connectivity index (χ1) is 10.3. The number of nitrogens with zero attached hydrogens (tertiary/aromatic N) is 2. The molecule has 3 rings (SSSR count). The highest BCUT2D eigenvalue weighted by Crippen LogP contribution is 2.14. The Balaban J connectivity index is 1.59. The van der Waals surface area contributed by atoms with Crippen molar-refractivity contribution in [3.05, 3.63) is 48.2 Å². The lowest BCUT2D eigenvalue weighted by molar-refractivity contribution is 0.0943. The van der Waals surface area contributed by atoms with Gasteiger partial charge in [-0.05, 0) is 24.3 Å². The van der Waals surface area contributed by atoms with E-state index < -0.39 is 0 Å². The molecule has 0 atom stereocenters. The summed E-state index contributed by atoms with van der Waals surface area (Å²) in [6.07, 6.45) is 3.31. The first-order valence-electron chi connectivity index (χ1n) is 6.92. The molecule has 1 amide bonds. The number of amides is 1. The van der Waals surface area contributed by atoms with Gasteiger partial charge in [0.25, 0.3) is 5.91 Å². The van der Waals surface area contributed by atoms with Crippen molar-refractivity contribution in [1.82, 2.24) is 10.3 Å². The Morgan fingerprint density at radius 2 is 2.14 bits per heavy atom. The van der Waals surface area contributed by atoms with Crippen molar-refractivity contribution in [2.45, 2.75) is 6.54 Å². The lowest BCUT2D eigenvalue weighted by Crippen LogP contribution is -2.36. The van der Waals surface area contributed by atoms with E-state index in [1.54, 1.807) is 24.6 Å². The highest BCUT2D eigenvalue weighted by molar-refractivity contribution is 5.92. The molecule has 0 radical (unpaired) electrons. The van der Waals surface area contributed by atoms with Crippen molar-refractivity contribution < 1.29 is 13.9 Å². The van der Waals surface area contributed by atoms with Gasteiger partial charge >= 0.3 is 0 Å². The van der Waals surface area contributed by atoms with Crippen molar-refractivity contribution in [1.29, 1.82) is 0 Å². The van der Waals surface area contributed by atoms with Gasteiger partial charge in [-0.1, -0.05) is 0 Å². The zero-order valence-corrected chi connectivity index (χ0v) is 11.6. The van der Waals surface area contributed by atoms with Gasteiger partial charge in [-0.25, -0.2) is 4.98 Å². The predicted octanol–water partition coefficient (Wildman–Crippen LogP) is 1.44. The second-order valence-corrected chi connectivity index (χ2v) is 4.76. The number of aromatic nitrogens is 1. The zero-order valence-electron chi connectivity index (χ0n) is 11.6. The van der Waals surface area contributed by atoms with Crippen molar-refractivity contribution in [3.8, 4) is 0 Å². The van der Waals surface area contributed by atoms with Crippen LogP contribution in [0.4, 0.5) is 5.69 Å². The molecular formula is C15H17N3O3. The number of anilines is 1. The van der Waals surface area contributed by atoms with Crippen LogP contribution in [-0.2, 0) is 11.3 Å². The van der Waals surface area contributed by atoms with E-state index in [4.69, 9.17) is 9.15 Å². The Labute approximate surface area is 122 Å². The Hall–Kier alpha value is -2.34. The SMILES string of the molecule is O=C(NCc1ccco1)c1ccc(N2CCOCC2)cn1. The van der Waals surface area contributed by atoms with E-state index in [1.807, 2.05) is 12.1 Å². The Morgan fingerprint density at radius 3 is 2.81 bits per heavy atom. The molecule has 0 spiro atoms. The molecule has 1 saturated heterocycles. The minimum atomic E-state index is -0.208. The number of furan rings is 1. The maximum Gasteiger partial charge on any atom is 0.270 e. The number of ether oxygens (including phenoxy) is 1. The second-order valence-electron chi connectivity index (χ2n) is 4.76. The maximum absolute atomic E-state index is 12.0. The third kappa shape index (κ3) is 3.41. The smallest absolute Gasteiger partial charge is 0.270 e.